The largest absolute Gasteiger partial charge is 0.490 e. The molecule has 2 aliphatic heterocycles. The molecule has 0 spiro atoms. The van der Waals surface area contributed by atoms with E-state index >= 15 is 0 Å². The van der Waals surface area contributed by atoms with Crippen LogP contribution in [0.15, 0.2) is 15.8 Å². The molecule has 0 saturated carbocycles. The minimum atomic E-state index is -5.65. The van der Waals surface area contributed by atoms with Gasteiger partial charge in [0.15, 0.2) is 6.23 Å². The molecule has 2 unspecified atom stereocenters. The fraction of sp³-hybridized carbons (Fsp3) is 0.636. The normalized spacial score (nSPS) is 30.2. The Kier molecular flexibility index (Phi) is 6.20. The standard InChI is InChI=1S/C11H17N2O14P3/c1-6-3-13(10(15)12-8(6)14)9-7-2-11(25-9,4-23-7)5-24-29(19,20)27-30(21,22)26-28(16,17)18/h3,7,9H,2,4-5H2,1H3,(H,19,20)(H,21,22)(H,12,14,15)(H2,16,17,18)/t7-,9-,11-/m1/s1. The van der Waals surface area contributed by atoms with Crippen molar-refractivity contribution in [1.82, 2.24) is 9.55 Å². The summed E-state index contributed by atoms with van der Waals surface area (Å²) in [6.45, 7) is 0.635. The van der Waals surface area contributed by atoms with E-state index in [0.717, 1.165) is 4.57 Å². The molecule has 2 aliphatic rings. The first kappa shape index (κ1) is 23.7. The number of nitrogens with zero attached hydrogens (tertiary/aromatic N) is 1. The predicted molar refractivity (Wildman–Crippen MR) is 93.1 cm³/mol. The Morgan fingerprint density at radius 1 is 1.20 bits per heavy atom. The van der Waals surface area contributed by atoms with Crippen molar-refractivity contribution in [1.29, 1.82) is 0 Å². The molecule has 2 bridgehead atoms. The van der Waals surface area contributed by atoms with Gasteiger partial charge in [-0.05, 0) is 6.92 Å². The minimum Gasteiger partial charge on any atom is -0.370 e. The third-order valence-electron chi connectivity index (χ3n) is 4.15. The van der Waals surface area contributed by atoms with Crippen LogP contribution in [0.5, 0.6) is 0 Å². The third kappa shape index (κ3) is 5.43. The minimum absolute atomic E-state index is 0.0953. The molecule has 0 radical (unpaired) electrons. The highest BCUT2D eigenvalue weighted by Gasteiger charge is 2.56. The van der Waals surface area contributed by atoms with Crippen LogP contribution in [0.4, 0.5) is 0 Å². The maximum Gasteiger partial charge on any atom is 0.490 e. The fourth-order valence-corrected chi connectivity index (χ4v) is 6.08. The number of ether oxygens (including phenoxy) is 2. The summed E-state index contributed by atoms with van der Waals surface area (Å²) < 4.78 is 58.1. The Labute approximate surface area is 166 Å². The molecule has 3 heterocycles. The van der Waals surface area contributed by atoms with Gasteiger partial charge in [-0.25, -0.2) is 18.5 Å². The van der Waals surface area contributed by atoms with Gasteiger partial charge in [0.05, 0.1) is 13.2 Å². The van der Waals surface area contributed by atoms with Crippen molar-refractivity contribution in [3.05, 3.63) is 32.6 Å². The molecule has 30 heavy (non-hydrogen) atoms. The lowest BCUT2D eigenvalue weighted by atomic mass is 10.0. The first-order valence-corrected chi connectivity index (χ1v) is 12.5. The zero-order chi connectivity index (χ0) is 22.5. The number of fused-ring (bicyclic) bond motifs is 2. The molecule has 0 aromatic carbocycles. The molecule has 0 aliphatic carbocycles. The second-order valence-corrected chi connectivity index (χ2v) is 11.0. The zero-order valence-corrected chi connectivity index (χ0v) is 17.7. The number of hydrogen-bond donors (Lipinski definition) is 5. The maximum atomic E-state index is 12.0. The third-order valence-corrected chi connectivity index (χ3v) is 7.93. The quantitative estimate of drug-likeness (QED) is 0.280. The molecule has 2 saturated heterocycles. The summed E-state index contributed by atoms with van der Waals surface area (Å²) in [7, 11) is -16.5. The van der Waals surface area contributed by atoms with Gasteiger partial charge >= 0.3 is 29.2 Å². The van der Waals surface area contributed by atoms with E-state index in [4.69, 9.17) is 24.2 Å². The number of H-pyrrole nitrogens is 1. The molecule has 19 heteroatoms. The topological polar surface area (TPSA) is 233 Å². The molecule has 5 N–H and O–H groups in total. The summed E-state index contributed by atoms with van der Waals surface area (Å²) in [5.74, 6) is 0. The van der Waals surface area contributed by atoms with Crippen molar-refractivity contribution in [2.75, 3.05) is 13.2 Å². The Morgan fingerprint density at radius 3 is 2.50 bits per heavy atom. The van der Waals surface area contributed by atoms with Crippen LogP contribution in [0.25, 0.3) is 0 Å². The van der Waals surface area contributed by atoms with Crippen LogP contribution in [-0.4, -0.2) is 54.0 Å². The summed E-state index contributed by atoms with van der Waals surface area (Å²) in [4.78, 5) is 61.4. The highest BCUT2D eigenvalue weighted by Crippen LogP contribution is 2.66. The maximum absolute atomic E-state index is 12.0. The van der Waals surface area contributed by atoms with Crippen LogP contribution < -0.4 is 11.2 Å². The predicted octanol–water partition coefficient (Wildman–Crippen LogP) is -0.755. The van der Waals surface area contributed by atoms with Gasteiger partial charge in [-0.1, -0.05) is 0 Å². The SMILES string of the molecule is Cc1cn([C@@H]2O[C@@]3(COP(=O)(O)OP(=O)(O)OP(=O)(O)O)CO[C@@H]2C3)c(=O)[nH]c1=O. The van der Waals surface area contributed by atoms with Gasteiger partial charge in [-0.3, -0.25) is 18.9 Å². The van der Waals surface area contributed by atoms with Crippen molar-refractivity contribution in [2.24, 2.45) is 0 Å². The average Bonchev–Trinajstić information content (AvgIpc) is 3.12. The first-order valence-electron chi connectivity index (χ1n) is 8.00. The van der Waals surface area contributed by atoms with E-state index in [-0.39, 0.29) is 18.6 Å². The van der Waals surface area contributed by atoms with E-state index in [1.165, 1.54) is 13.1 Å². The van der Waals surface area contributed by atoms with Crippen LogP contribution in [-0.2, 0) is 36.3 Å². The number of phosphoric ester groups is 1. The summed E-state index contributed by atoms with van der Waals surface area (Å²) >= 11 is 0. The molecule has 1 aromatic heterocycles. The summed E-state index contributed by atoms with van der Waals surface area (Å²) in [6, 6.07) is 0. The summed E-state index contributed by atoms with van der Waals surface area (Å²) in [6.07, 6.45) is -0.312. The van der Waals surface area contributed by atoms with Gasteiger partial charge in [0.2, 0.25) is 0 Å². The van der Waals surface area contributed by atoms with Crippen LogP contribution in [0, 0.1) is 6.92 Å². The number of nitrogens with one attached hydrogen (secondary N) is 1. The number of rotatable bonds is 8. The molecule has 5 atom stereocenters. The van der Waals surface area contributed by atoms with Gasteiger partial charge in [-0.15, -0.1) is 0 Å². The monoisotopic (exact) mass is 494 g/mol. The Hall–Kier alpha value is -0.990. The molecule has 16 nitrogen and oxygen atoms in total. The average molecular weight is 494 g/mol. The number of aryl methyl sites for hydroxylation is 1. The highest BCUT2D eigenvalue weighted by molar-refractivity contribution is 7.66. The van der Waals surface area contributed by atoms with E-state index in [1.807, 2.05) is 0 Å². The van der Waals surface area contributed by atoms with Gasteiger partial charge < -0.3 is 29.0 Å². The number of hydrogen-bond acceptors (Lipinski definition) is 10. The number of aromatic amines is 1. The van der Waals surface area contributed by atoms with Crippen LogP contribution in [0.1, 0.15) is 18.2 Å². The molecule has 0 amide bonds. The van der Waals surface area contributed by atoms with E-state index in [9.17, 15) is 28.2 Å². The van der Waals surface area contributed by atoms with Gasteiger partial charge in [0.25, 0.3) is 5.56 Å². The fourth-order valence-electron chi connectivity index (χ4n) is 2.99. The lowest BCUT2D eigenvalue weighted by Crippen LogP contribution is -2.43. The molecule has 2 fully saturated rings. The second kappa shape index (κ2) is 7.85. The number of phosphoric acid groups is 3. The zero-order valence-electron chi connectivity index (χ0n) is 15.0. The van der Waals surface area contributed by atoms with Crippen LogP contribution >= 0.6 is 23.5 Å². The lowest BCUT2D eigenvalue weighted by Gasteiger charge is -2.31. The smallest absolute Gasteiger partial charge is 0.370 e. The van der Waals surface area contributed by atoms with E-state index in [0.29, 0.717) is 0 Å². The van der Waals surface area contributed by atoms with Crippen molar-refractivity contribution in [2.45, 2.75) is 31.3 Å². The van der Waals surface area contributed by atoms with Crippen molar-refractivity contribution < 1.29 is 55.9 Å². The van der Waals surface area contributed by atoms with Crippen LogP contribution in [0.3, 0.4) is 0 Å². The van der Waals surface area contributed by atoms with Gasteiger partial charge in [-0.2, -0.15) is 8.62 Å². The Morgan fingerprint density at radius 2 is 1.87 bits per heavy atom. The summed E-state index contributed by atoms with van der Waals surface area (Å²) in [5, 5.41) is 0. The van der Waals surface area contributed by atoms with Gasteiger partial charge in [0, 0.05) is 18.2 Å². The highest BCUT2D eigenvalue weighted by atomic mass is 31.3. The van der Waals surface area contributed by atoms with E-state index in [1.54, 1.807) is 0 Å². The lowest BCUT2D eigenvalue weighted by molar-refractivity contribution is -0.183. The van der Waals surface area contributed by atoms with E-state index < -0.39 is 59.3 Å². The second-order valence-electron chi connectivity index (χ2n) is 6.59. The molecular formula is C11H17N2O14P3. The van der Waals surface area contributed by atoms with Crippen LogP contribution in [0.2, 0.25) is 0 Å². The molecule has 170 valence electrons. The van der Waals surface area contributed by atoms with Crippen molar-refractivity contribution in [3.63, 3.8) is 0 Å². The first-order chi connectivity index (χ1) is 13.6. The number of aromatic nitrogens is 2. The van der Waals surface area contributed by atoms with Crippen molar-refractivity contribution in [3.8, 4) is 0 Å². The molecular weight excluding hydrogens is 477 g/mol. The van der Waals surface area contributed by atoms with E-state index in [2.05, 4.69) is 18.1 Å². The Bertz CT molecular complexity index is 1090. The summed E-state index contributed by atoms with van der Waals surface area (Å²) in [5.41, 5.74) is -2.47. The van der Waals surface area contributed by atoms with Gasteiger partial charge in [0.1, 0.15) is 11.7 Å². The Balaban J connectivity index is 1.70. The van der Waals surface area contributed by atoms with Crippen molar-refractivity contribution >= 4 is 23.5 Å². The molecule has 1 aromatic rings. The molecule has 3 rings (SSSR count).